The summed E-state index contributed by atoms with van der Waals surface area (Å²) in [5.41, 5.74) is 3.30. The van der Waals surface area contributed by atoms with Crippen molar-refractivity contribution in [2.75, 3.05) is 0 Å². The van der Waals surface area contributed by atoms with E-state index in [9.17, 15) is 0 Å². The maximum Gasteiger partial charge on any atom is 0.0287 e. The lowest BCUT2D eigenvalue weighted by molar-refractivity contribution is 0.143. The van der Waals surface area contributed by atoms with E-state index in [1.54, 1.807) is 0 Å². The molecule has 0 bridgehead atoms. The van der Waals surface area contributed by atoms with Crippen molar-refractivity contribution in [1.82, 2.24) is 5.43 Å². The van der Waals surface area contributed by atoms with Gasteiger partial charge in [-0.05, 0) is 30.1 Å². The van der Waals surface area contributed by atoms with Gasteiger partial charge in [0, 0.05) is 6.04 Å². The Hall–Kier alpha value is -0.0800. The summed E-state index contributed by atoms with van der Waals surface area (Å²) < 4.78 is 0. The van der Waals surface area contributed by atoms with Crippen LogP contribution < -0.4 is 11.3 Å². The van der Waals surface area contributed by atoms with Gasteiger partial charge in [-0.25, -0.2) is 0 Å². The van der Waals surface area contributed by atoms with Crippen LogP contribution in [-0.4, -0.2) is 6.04 Å². The Morgan fingerprint density at radius 2 is 1.64 bits per heavy atom. The summed E-state index contributed by atoms with van der Waals surface area (Å²) in [4.78, 5) is 0. The summed E-state index contributed by atoms with van der Waals surface area (Å²) in [7, 11) is 0. The van der Waals surface area contributed by atoms with Crippen molar-refractivity contribution in [3.8, 4) is 0 Å². The second-order valence-electron chi connectivity index (χ2n) is 6.03. The highest BCUT2D eigenvalue weighted by Gasteiger charge is 2.33. The van der Waals surface area contributed by atoms with Crippen LogP contribution in [-0.2, 0) is 0 Å². The van der Waals surface area contributed by atoms with Gasteiger partial charge in [-0.1, -0.05) is 40.5 Å². The lowest BCUT2D eigenvalue weighted by Crippen LogP contribution is -2.50. The van der Waals surface area contributed by atoms with Crippen molar-refractivity contribution in [2.24, 2.45) is 23.1 Å². The maximum absolute atomic E-state index is 5.67. The van der Waals surface area contributed by atoms with Crippen LogP contribution >= 0.6 is 0 Å². The molecule has 1 saturated carbocycles. The van der Waals surface area contributed by atoms with Crippen molar-refractivity contribution < 1.29 is 0 Å². The number of nitrogens with two attached hydrogens (primary N) is 1. The van der Waals surface area contributed by atoms with Gasteiger partial charge >= 0.3 is 0 Å². The molecule has 0 aromatic rings. The number of hydrogen-bond donors (Lipinski definition) is 2. The summed E-state index contributed by atoms with van der Waals surface area (Å²) in [6, 6.07) is 0.468. The van der Waals surface area contributed by atoms with Crippen LogP contribution in [0.25, 0.3) is 0 Å². The van der Waals surface area contributed by atoms with Crippen molar-refractivity contribution in [1.29, 1.82) is 0 Å². The molecule has 2 nitrogen and oxygen atoms in total. The van der Waals surface area contributed by atoms with Gasteiger partial charge in [-0.2, -0.15) is 0 Å². The molecule has 0 radical (unpaired) electrons. The Bertz CT molecular complexity index is 164. The van der Waals surface area contributed by atoms with E-state index in [1.165, 1.54) is 25.7 Å². The summed E-state index contributed by atoms with van der Waals surface area (Å²) >= 11 is 0. The first-order chi connectivity index (χ1) is 6.45. The predicted molar refractivity (Wildman–Crippen MR) is 61.7 cm³/mol. The first-order valence-corrected chi connectivity index (χ1v) is 5.91. The molecular formula is C12H26N2. The number of hydrazine groups is 1. The molecule has 0 aliphatic heterocycles. The molecular weight excluding hydrogens is 172 g/mol. The molecule has 0 aromatic carbocycles. The molecule has 0 amide bonds. The lowest BCUT2D eigenvalue weighted by atomic mass is 9.71. The molecule has 1 aliphatic rings. The normalized spacial score (nSPS) is 31.5. The van der Waals surface area contributed by atoms with E-state index in [4.69, 9.17) is 5.84 Å². The first-order valence-electron chi connectivity index (χ1n) is 5.91. The average Bonchev–Trinajstić information content (AvgIpc) is 2.07. The topological polar surface area (TPSA) is 38.0 Å². The highest BCUT2D eigenvalue weighted by Crippen LogP contribution is 2.36. The zero-order valence-electron chi connectivity index (χ0n) is 10.1. The Morgan fingerprint density at radius 1 is 1.14 bits per heavy atom. The molecule has 14 heavy (non-hydrogen) atoms. The summed E-state index contributed by atoms with van der Waals surface area (Å²) in [5, 5.41) is 0. The standard InChI is InChI=1S/C12H26N2/c1-9-5-7-10(8-6-9)11(14-13)12(2,3)4/h9-11,14H,5-8,13H2,1-4H3. The van der Waals surface area contributed by atoms with Crippen LogP contribution in [0.5, 0.6) is 0 Å². The van der Waals surface area contributed by atoms with Crippen LogP contribution in [0.15, 0.2) is 0 Å². The van der Waals surface area contributed by atoms with Crippen molar-refractivity contribution in [3.05, 3.63) is 0 Å². The van der Waals surface area contributed by atoms with E-state index in [-0.39, 0.29) is 5.41 Å². The molecule has 1 aliphatic carbocycles. The van der Waals surface area contributed by atoms with Gasteiger partial charge < -0.3 is 0 Å². The number of rotatable bonds is 2. The zero-order chi connectivity index (χ0) is 10.8. The highest BCUT2D eigenvalue weighted by atomic mass is 15.2. The molecule has 1 rings (SSSR count). The maximum atomic E-state index is 5.67. The van der Waals surface area contributed by atoms with Crippen molar-refractivity contribution in [3.63, 3.8) is 0 Å². The molecule has 1 atom stereocenters. The van der Waals surface area contributed by atoms with Gasteiger partial charge in [0.15, 0.2) is 0 Å². The number of hydrogen-bond acceptors (Lipinski definition) is 2. The molecule has 3 N–H and O–H groups in total. The smallest absolute Gasteiger partial charge is 0.0287 e. The summed E-state index contributed by atoms with van der Waals surface area (Å²) in [6.07, 6.45) is 5.43. The molecule has 1 fully saturated rings. The fraction of sp³-hybridized carbons (Fsp3) is 1.00. The van der Waals surface area contributed by atoms with E-state index in [2.05, 4.69) is 33.1 Å². The average molecular weight is 198 g/mol. The van der Waals surface area contributed by atoms with Crippen LogP contribution in [0.1, 0.15) is 53.4 Å². The third kappa shape index (κ3) is 2.96. The predicted octanol–water partition coefficient (Wildman–Crippen LogP) is 2.69. The SMILES string of the molecule is CC1CCC(C(NN)C(C)(C)C)CC1. The third-order valence-corrected chi connectivity index (χ3v) is 3.64. The Balaban J connectivity index is 2.54. The minimum absolute atomic E-state index is 0.278. The quantitative estimate of drug-likeness (QED) is 0.529. The van der Waals surface area contributed by atoms with Crippen LogP contribution in [0, 0.1) is 17.3 Å². The second-order valence-corrected chi connectivity index (χ2v) is 6.03. The summed E-state index contributed by atoms with van der Waals surface area (Å²) in [5.74, 6) is 7.37. The second kappa shape index (κ2) is 4.63. The minimum Gasteiger partial charge on any atom is -0.271 e. The zero-order valence-corrected chi connectivity index (χ0v) is 10.1. The van der Waals surface area contributed by atoms with E-state index in [1.807, 2.05) is 0 Å². The van der Waals surface area contributed by atoms with Gasteiger partial charge in [0.2, 0.25) is 0 Å². The van der Waals surface area contributed by atoms with Gasteiger partial charge in [-0.3, -0.25) is 11.3 Å². The van der Waals surface area contributed by atoms with E-state index >= 15 is 0 Å². The third-order valence-electron chi connectivity index (χ3n) is 3.64. The minimum atomic E-state index is 0.278. The number of nitrogens with one attached hydrogen (secondary N) is 1. The fourth-order valence-corrected chi connectivity index (χ4v) is 2.71. The van der Waals surface area contributed by atoms with Gasteiger partial charge in [0.1, 0.15) is 0 Å². The monoisotopic (exact) mass is 198 g/mol. The first kappa shape index (κ1) is 12.0. The molecule has 1 unspecified atom stereocenters. The van der Waals surface area contributed by atoms with Crippen LogP contribution in [0.3, 0.4) is 0 Å². The molecule has 2 heteroatoms. The Morgan fingerprint density at radius 3 is 2.00 bits per heavy atom. The molecule has 0 saturated heterocycles. The van der Waals surface area contributed by atoms with Gasteiger partial charge in [-0.15, -0.1) is 0 Å². The van der Waals surface area contributed by atoms with Gasteiger partial charge in [0.05, 0.1) is 0 Å². The highest BCUT2D eigenvalue weighted by molar-refractivity contribution is 4.87. The van der Waals surface area contributed by atoms with E-state index in [0.717, 1.165) is 11.8 Å². The molecule has 0 aromatic heterocycles. The Kier molecular flexibility index (Phi) is 3.96. The lowest BCUT2D eigenvalue weighted by Gasteiger charge is -2.39. The van der Waals surface area contributed by atoms with Crippen LogP contribution in [0.2, 0.25) is 0 Å². The fourth-order valence-electron chi connectivity index (χ4n) is 2.71. The van der Waals surface area contributed by atoms with Crippen molar-refractivity contribution in [2.45, 2.75) is 59.4 Å². The largest absolute Gasteiger partial charge is 0.271 e. The van der Waals surface area contributed by atoms with E-state index in [0.29, 0.717) is 6.04 Å². The molecule has 0 heterocycles. The van der Waals surface area contributed by atoms with E-state index < -0.39 is 0 Å². The Labute approximate surface area is 88.6 Å². The van der Waals surface area contributed by atoms with Crippen molar-refractivity contribution >= 4 is 0 Å². The van der Waals surface area contributed by atoms with Gasteiger partial charge in [0.25, 0.3) is 0 Å². The molecule has 84 valence electrons. The summed E-state index contributed by atoms with van der Waals surface area (Å²) in [6.45, 7) is 9.18. The molecule has 0 spiro atoms. The van der Waals surface area contributed by atoms with Crippen LogP contribution in [0.4, 0.5) is 0 Å².